The predicted molar refractivity (Wildman–Crippen MR) is 467 cm³/mol. The summed E-state index contributed by atoms with van der Waals surface area (Å²) in [7, 11) is -7.65. The van der Waals surface area contributed by atoms with Crippen molar-refractivity contribution in [2.24, 2.45) is 5.41 Å². The number of aliphatic hydroxyl groups excluding tert-OH is 10. The molecule has 0 aromatic rings. The van der Waals surface area contributed by atoms with Crippen LogP contribution in [0.25, 0.3) is 0 Å². The average Bonchev–Trinajstić information content (AvgIpc) is 1.32. The van der Waals surface area contributed by atoms with Crippen molar-refractivity contribution in [2.75, 3.05) is 278 Å². The highest BCUT2D eigenvalue weighted by atomic mass is 31.2. The number of carbonyl (C=O) groups excluding carboxylic acids is 7. The van der Waals surface area contributed by atoms with Crippen LogP contribution in [0.1, 0.15) is 89.9 Å². The molecule has 0 spiro atoms. The van der Waals surface area contributed by atoms with E-state index in [2.05, 4.69) is 24.2 Å². The SMILES string of the molecule is O=C(CCCOCCOCCOCCOCCOC1OC(COP(=O)(O)O)C(O)C(O)C1O)CCC(CCC(=O)NCCOCCOCCOCCOCCOC1OC(COP(=O)(O)O)C(O)C(O)C1O)(CCC(=O)NCCOCCOCCOCCOCCOC1OC(COP(=O)(O)O)C(O)C(O)C1O)CC(=O)CCOCCOCCO.[B]C1CC(=O)N(CCC(=O)CCCOCCOC)C1=O. The molecule has 4 aliphatic heterocycles. The highest BCUT2D eigenvalue weighted by Gasteiger charge is 2.48. The molecule has 58 heteroatoms. The van der Waals surface area contributed by atoms with E-state index in [1.165, 1.54) is 0 Å². The maximum absolute atomic E-state index is 13.9. The van der Waals surface area contributed by atoms with Crippen molar-refractivity contribution in [3.8, 4) is 0 Å². The largest absolute Gasteiger partial charge is 0.469 e. The van der Waals surface area contributed by atoms with Gasteiger partial charge in [0.15, 0.2) is 18.9 Å². The van der Waals surface area contributed by atoms with E-state index < -0.39 is 147 Å². The Kier molecular flexibility index (Phi) is 71.4. The maximum atomic E-state index is 13.9. The molecule has 16 unspecified atom stereocenters. The molecule has 806 valence electrons. The fraction of sp³-hybridized carbons (Fsp3) is 0.912. The van der Waals surface area contributed by atoms with Crippen LogP contribution in [0.2, 0.25) is 5.82 Å². The summed E-state index contributed by atoms with van der Waals surface area (Å²) < 4.78 is 166. The van der Waals surface area contributed by atoms with Crippen LogP contribution >= 0.6 is 23.5 Å². The summed E-state index contributed by atoms with van der Waals surface area (Å²) in [4.78, 5) is 144. The van der Waals surface area contributed by atoms with Gasteiger partial charge in [-0.05, 0) is 37.5 Å². The minimum atomic E-state index is -4.91. The number of methoxy groups -OCH3 is 1. The van der Waals surface area contributed by atoms with Gasteiger partial charge in [-0.2, -0.15) is 0 Å². The van der Waals surface area contributed by atoms with Gasteiger partial charge in [-0.15, -0.1) is 0 Å². The molecule has 0 aromatic heterocycles. The molecule has 4 rings (SSSR count). The summed E-state index contributed by atoms with van der Waals surface area (Å²) >= 11 is 0. The number of phosphoric acid groups is 3. The van der Waals surface area contributed by atoms with Crippen LogP contribution in [0.4, 0.5) is 0 Å². The molecule has 2 radical (unpaired) electrons. The molecule has 0 saturated carbocycles. The number of nitrogens with zero attached hydrogens (tertiary/aromatic N) is 1. The van der Waals surface area contributed by atoms with Crippen LogP contribution in [0, 0.1) is 5.41 Å². The normalized spacial score (nSPS) is 23.6. The van der Waals surface area contributed by atoms with Crippen molar-refractivity contribution in [1.82, 2.24) is 15.5 Å². The molecule has 0 bridgehead atoms. The number of likely N-dealkylation sites (tertiary alicyclic amines) is 1. The lowest BCUT2D eigenvalue weighted by Crippen LogP contribution is -2.59. The van der Waals surface area contributed by atoms with Gasteiger partial charge in [-0.3, -0.25) is 52.0 Å². The van der Waals surface area contributed by atoms with Crippen LogP contribution in [0.3, 0.4) is 0 Å². The summed E-state index contributed by atoms with van der Waals surface area (Å²) in [5.41, 5.74) is -1.00. The van der Waals surface area contributed by atoms with Crippen molar-refractivity contribution >= 4 is 72.3 Å². The lowest BCUT2D eigenvalue weighted by Gasteiger charge is -2.40. The van der Waals surface area contributed by atoms with Gasteiger partial charge in [0.25, 0.3) is 0 Å². The van der Waals surface area contributed by atoms with E-state index in [0.29, 0.717) is 39.1 Å². The number of amides is 4. The lowest BCUT2D eigenvalue weighted by molar-refractivity contribution is -0.301. The summed E-state index contributed by atoms with van der Waals surface area (Å²) in [6, 6.07) is 0. The summed E-state index contributed by atoms with van der Waals surface area (Å²) in [6.45, 7) is 3.58. The van der Waals surface area contributed by atoms with Crippen molar-refractivity contribution in [3.63, 3.8) is 0 Å². The average molecular weight is 2070 g/mol. The number of ketones is 3. The lowest BCUT2D eigenvalue weighted by atomic mass is 9.71. The molecule has 16 atom stereocenters. The number of Topliss-reactive ketones (excluding diaryl/α,β-unsaturated/α-hetero) is 3. The maximum Gasteiger partial charge on any atom is 0.469 e. The highest BCUT2D eigenvalue weighted by Crippen LogP contribution is 2.42. The number of hydrogen-bond acceptors (Lipinski definition) is 45. The first-order chi connectivity index (χ1) is 65.9. The van der Waals surface area contributed by atoms with Crippen molar-refractivity contribution < 1.29 is 245 Å². The molecule has 4 fully saturated rings. The molecule has 4 saturated heterocycles. The standard InChI is InChI=1S/C67H127N2O46P3.C13H20BNO5/c70-12-17-97-22-19-94-14-6-49(72)44-67(7-3-48(71)2-1-13-93-18-23-98-26-29-101-32-35-104-38-41-107-64-61(81)58(78)55(75)50(113-64)45-110-116(84,85)86,8-4-53(73)68-10-15-95-20-24-99-27-30-102-33-36-105-39-42-108-65-62(82)59(79)56(76)51(114-65)46-111-117(87,88)89)9-5-54(74)69-11-16-96-21-25-100-28-31-103-34-37-106-40-43-109-66-63(83)60(80)57(77)52(115-66)47-112-118(90,91)92;1-19-7-8-20-6-2-3-10(16)4-5-15-12(17)9-11(14)13(15)18/h50-52,55-66,70,75-83H,1-47H2,(H,68,73)(H,69,74)(H2,84,85,86)(H2,87,88,89)(H2,90,91,92);11H,2-9H2,1H3. The molecular weight excluding hydrogens is 1920 g/mol. The highest BCUT2D eigenvalue weighted by molar-refractivity contribution is 7.46. The van der Waals surface area contributed by atoms with Gasteiger partial charge in [-0.25, -0.2) is 13.7 Å². The molecule has 4 heterocycles. The monoisotopic (exact) mass is 2070 g/mol. The van der Waals surface area contributed by atoms with Gasteiger partial charge in [0.05, 0.1) is 246 Å². The van der Waals surface area contributed by atoms with E-state index in [1.807, 2.05) is 0 Å². The van der Waals surface area contributed by atoms with Crippen LogP contribution in [0.5, 0.6) is 0 Å². The summed E-state index contributed by atoms with van der Waals surface area (Å²) in [6.07, 6.45) is -22.0. The summed E-state index contributed by atoms with van der Waals surface area (Å²) in [5.74, 6) is -2.48. The van der Waals surface area contributed by atoms with Crippen LogP contribution < -0.4 is 10.6 Å². The minimum Gasteiger partial charge on any atom is -0.394 e. The third kappa shape index (κ3) is 61.6. The first kappa shape index (κ1) is 128. The second-order valence-corrected chi connectivity index (χ2v) is 35.0. The quantitative estimate of drug-likeness (QED) is 0.0116. The third-order valence-electron chi connectivity index (χ3n) is 20.5. The van der Waals surface area contributed by atoms with E-state index in [0.717, 1.165) is 4.90 Å². The zero-order chi connectivity index (χ0) is 102. The predicted octanol–water partition coefficient (Wildman–Crippen LogP) is -6.63. The van der Waals surface area contributed by atoms with Gasteiger partial charge in [0.2, 0.25) is 23.6 Å². The van der Waals surface area contributed by atoms with Crippen molar-refractivity contribution in [1.29, 1.82) is 0 Å². The fourth-order valence-corrected chi connectivity index (χ4v) is 14.1. The second kappa shape index (κ2) is 76.7. The molecule has 4 aliphatic rings. The van der Waals surface area contributed by atoms with E-state index in [-0.39, 0.29) is 343 Å². The van der Waals surface area contributed by atoms with Gasteiger partial charge in [-0.1, -0.05) is 0 Å². The number of imide groups is 1. The minimum absolute atomic E-state index is 0.0116. The Balaban J connectivity index is 0.00000216. The van der Waals surface area contributed by atoms with E-state index in [1.54, 1.807) is 7.11 Å². The molecule has 138 heavy (non-hydrogen) atoms. The number of hydrogen-bond donors (Lipinski definition) is 18. The van der Waals surface area contributed by atoms with Gasteiger partial charge in [0, 0.05) is 104 Å². The molecule has 0 aliphatic carbocycles. The molecule has 0 aromatic carbocycles. The van der Waals surface area contributed by atoms with Crippen LogP contribution in [0.15, 0.2) is 0 Å². The topological polar surface area (TPSA) is 752 Å². The Morgan fingerprint density at radius 3 is 0.964 bits per heavy atom. The first-order valence-electron chi connectivity index (χ1n) is 45.4. The van der Waals surface area contributed by atoms with E-state index in [9.17, 15) is 93.2 Å². The van der Waals surface area contributed by atoms with Crippen molar-refractivity contribution in [3.05, 3.63) is 0 Å². The number of rotatable bonds is 87. The van der Waals surface area contributed by atoms with Crippen LogP contribution in [-0.2, 0) is 165 Å². The first-order valence-corrected chi connectivity index (χ1v) is 50.0. The molecule has 4 amide bonds. The van der Waals surface area contributed by atoms with Gasteiger partial charge in [0.1, 0.15) is 90.6 Å². The Hall–Kier alpha value is -3.80. The number of ether oxygens (including phenoxy) is 22. The Morgan fingerprint density at radius 2 is 0.652 bits per heavy atom. The van der Waals surface area contributed by atoms with Crippen molar-refractivity contribution in [2.45, 2.75) is 188 Å². The Bertz CT molecular complexity index is 3110. The Morgan fingerprint density at radius 1 is 0.362 bits per heavy atom. The fourth-order valence-electron chi connectivity index (χ4n) is 13.0. The number of nitrogens with one attached hydrogen (secondary N) is 2. The molecular formula is C80H147BN3O51P3. The number of phosphoric ester groups is 3. The van der Waals surface area contributed by atoms with E-state index >= 15 is 0 Å². The number of carbonyl (C=O) groups is 7. The second-order valence-electron chi connectivity index (χ2n) is 31.3. The Labute approximate surface area is 801 Å². The molecule has 18 N–H and O–H groups in total. The molecule has 54 nitrogen and oxygen atoms in total. The van der Waals surface area contributed by atoms with Gasteiger partial charge < -0.3 is 195 Å². The zero-order valence-electron chi connectivity index (χ0n) is 77.9. The van der Waals surface area contributed by atoms with Gasteiger partial charge >= 0.3 is 23.5 Å². The number of aliphatic hydroxyl groups is 10. The third-order valence-corrected chi connectivity index (χ3v) is 21.9. The zero-order valence-corrected chi connectivity index (χ0v) is 80.6. The smallest absolute Gasteiger partial charge is 0.394 e. The van der Waals surface area contributed by atoms with E-state index in [4.69, 9.17) is 147 Å². The summed E-state index contributed by atoms with van der Waals surface area (Å²) in [5, 5.41) is 106. The van der Waals surface area contributed by atoms with Crippen LogP contribution in [-0.4, -0.2) is 504 Å².